The summed E-state index contributed by atoms with van der Waals surface area (Å²) in [5.41, 5.74) is 2.71. The zero-order valence-electron chi connectivity index (χ0n) is 11.8. The van der Waals surface area contributed by atoms with E-state index in [0.29, 0.717) is 11.2 Å². The SMILES string of the molecule is CCc1ccc(Oc2ncc(CBr)cc2C)c([N+](=O)[O-])c1. The van der Waals surface area contributed by atoms with E-state index in [1.807, 2.05) is 26.0 Å². The van der Waals surface area contributed by atoms with E-state index in [9.17, 15) is 10.1 Å². The van der Waals surface area contributed by atoms with E-state index in [1.54, 1.807) is 12.3 Å². The smallest absolute Gasteiger partial charge is 0.311 e. The van der Waals surface area contributed by atoms with Crippen molar-refractivity contribution >= 4 is 21.6 Å². The second-order valence-electron chi connectivity index (χ2n) is 4.61. The maximum Gasteiger partial charge on any atom is 0.311 e. The van der Waals surface area contributed by atoms with Gasteiger partial charge in [-0.1, -0.05) is 28.9 Å². The summed E-state index contributed by atoms with van der Waals surface area (Å²) in [5.74, 6) is 0.589. The van der Waals surface area contributed by atoms with Crippen LogP contribution in [0.4, 0.5) is 5.69 Å². The van der Waals surface area contributed by atoms with Gasteiger partial charge in [0.15, 0.2) is 0 Å². The topological polar surface area (TPSA) is 65.3 Å². The number of nitro benzene ring substituents is 1. The van der Waals surface area contributed by atoms with Gasteiger partial charge in [0.05, 0.1) is 4.92 Å². The van der Waals surface area contributed by atoms with Crippen molar-refractivity contribution in [3.8, 4) is 11.6 Å². The van der Waals surface area contributed by atoms with Gasteiger partial charge in [-0.2, -0.15) is 0 Å². The Labute approximate surface area is 131 Å². The third-order valence-electron chi connectivity index (χ3n) is 3.08. The van der Waals surface area contributed by atoms with Crippen molar-refractivity contribution in [1.82, 2.24) is 4.98 Å². The number of ether oxygens (including phenoxy) is 1. The van der Waals surface area contributed by atoms with Gasteiger partial charge < -0.3 is 4.74 Å². The minimum absolute atomic E-state index is 0.0416. The van der Waals surface area contributed by atoms with Crippen molar-refractivity contribution < 1.29 is 9.66 Å². The fourth-order valence-corrected chi connectivity index (χ4v) is 2.22. The molecule has 5 nitrogen and oxygen atoms in total. The van der Waals surface area contributed by atoms with Crippen molar-refractivity contribution in [2.24, 2.45) is 0 Å². The highest BCUT2D eigenvalue weighted by Gasteiger charge is 2.17. The molecule has 1 aromatic carbocycles. The van der Waals surface area contributed by atoms with Crippen LogP contribution in [-0.4, -0.2) is 9.91 Å². The Balaban J connectivity index is 2.37. The van der Waals surface area contributed by atoms with Gasteiger partial charge in [-0.05, 0) is 36.6 Å². The molecule has 0 spiro atoms. The lowest BCUT2D eigenvalue weighted by atomic mass is 10.1. The quantitative estimate of drug-likeness (QED) is 0.450. The third kappa shape index (κ3) is 3.58. The third-order valence-corrected chi connectivity index (χ3v) is 3.72. The molecule has 0 aliphatic heterocycles. The van der Waals surface area contributed by atoms with Crippen LogP contribution < -0.4 is 4.74 Å². The lowest BCUT2D eigenvalue weighted by Gasteiger charge is -2.09. The molecule has 0 saturated carbocycles. The van der Waals surface area contributed by atoms with E-state index >= 15 is 0 Å². The molecule has 2 aromatic rings. The molecule has 110 valence electrons. The van der Waals surface area contributed by atoms with Crippen LogP contribution in [0.2, 0.25) is 0 Å². The number of alkyl halides is 1. The number of pyridine rings is 1. The first kappa shape index (κ1) is 15.4. The molecule has 0 aliphatic carbocycles. The molecule has 0 amide bonds. The number of rotatable bonds is 5. The number of halogens is 1. The van der Waals surface area contributed by atoms with Gasteiger partial charge in [-0.25, -0.2) is 4.98 Å². The number of nitro groups is 1. The highest BCUT2D eigenvalue weighted by Crippen LogP contribution is 2.33. The molecule has 0 fully saturated rings. The molecule has 0 atom stereocenters. The number of aryl methyl sites for hydroxylation is 2. The Bertz CT molecular complexity index is 674. The van der Waals surface area contributed by atoms with Gasteiger partial charge in [0, 0.05) is 23.2 Å². The fourth-order valence-electron chi connectivity index (χ4n) is 1.92. The monoisotopic (exact) mass is 350 g/mol. The van der Waals surface area contributed by atoms with E-state index in [1.165, 1.54) is 6.07 Å². The highest BCUT2D eigenvalue weighted by atomic mass is 79.9. The Morgan fingerprint density at radius 1 is 1.33 bits per heavy atom. The molecular weight excluding hydrogens is 336 g/mol. The minimum atomic E-state index is -0.434. The number of hydrogen-bond acceptors (Lipinski definition) is 4. The van der Waals surface area contributed by atoms with E-state index < -0.39 is 4.92 Å². The number of hydrogen-bond donors (Lipinski definition) is 0. The largest absolute Gasteiger partial charge is 0.432 e. The summed E-state index contributed by atoms with van der Waals surface area (Å²) in [6.45, 7) is 3.81. The second kappa shape index (κ2) is 6.67. The van der Waals surface area contributed by atoms with Crippen LogP contribution in [0.3, 0.4) is 0 Å². The van der Waals surface area contributed by atoms with Gasteiger partial charge in [0.25, 0.3) is 0 Å². The molecule has 1 aromatic heterocycles. The molecule has 1 heterocycles. The van der Waals surface area contributed by atoms with Crippen LogP contribution >= 0.6 is 15.9 Å². The maximum atomic E-state index is 11.2. The predicted molar refractivity (Wildman–Crippen MR) is 84.2 cm³/mol. The van der Waals surface area contributed by atoms with Crippen LogP contribution in [0, 0.1) is 17.0 Å². The molecule has 6 heteroatoms. The van der Waals surface area contributed by atoms with Crippen LogP contribution in [-0.2, 0) is 11.8 Å². The summed E-state index contributed by atoms with van der Waals surface area (Å²) < 4.78 is 5.63. The lowest BCUT2D eigenvalue weighted by molar-refractivity contribution is -0.385. The highest BCUT2D eigenvalue weighted by molar-refractivity contribution is 9.08. The summed E-state index contributed by atoms with van der Waals surface area (Å²) in [6.07, 6.45) is 2.42. The van der Waals surface area contributed by atoms with E-state index in [-0.39, 0.29) is 11.4 Å². The number of benzene rings is 1. The van der Waals surface area contributed by atoms with E-state index in [4.69, 9.17) is 4.74 Å². The predicted octanol–water partition coefficient (Wildman–Crippen LogP) is 4.55. The first-order valence-electron chi connectivity index (χ1n) is 6.51. The van der Waals surface area contributed by atoms with Gasteiger partial charge in [-0.3, -0.25) is 10.1 Å². The molecule has 0 aliphatic rings. The van der Waals surface area contributed by atoms with Gasteiger partial charge >= 0.3 is 5.69 Å². The zero-order valence-corrected chi connectivity index (χ0v) is 13.4. The Hall–Kier alpha value is -1.95. The van der Waals surface area contributed by atoms with Crippen molar-refractivity contribution in [2.45, 2.75) is 25.6 Å². The minimum Gasteiger partial charge on any atom is -0.432 e. The Kier molecular flexibility index (Phi) is 4.90. The average Bonchev–Trinajstić information content (AvgIpc) is 2.49. The van der Waals surface area contributed by atoms with Crippen molar-refractivity contribution in [3.63, 3.8) is 0 Å². The first-order valence-corrected chi connectivity index (χ1v) is 7.64. The normalized spacial score (nSPS) is 10.4. The van der Waals surface area contributed by atoms with Crippen molar-refractivity contribution in [3.05, 3.63) is 57.3 Å². The summed E-state index contributed by atoms with van der Waals surface area (Å²) in [6, 6.07) is 6.92. The number of nitrogens with zero attached hydrogens (tertiary/aromatic N) is 2. The molecule has 2 rings (SSSR count). The molecule has 0 N–H and O–H groups in total. The summed E-state index contributed by atoms with van der Waals surface area (Å²) >= 11 is 3.36. The molecule has 0 radical (unpaired) electrons. The van der Waals surface area contributed by atoms with Crippen LogP contribution in [0.15, 0.2) is 30.5 Å². The van der Waals surface area contributed by atoms with Gasteiger partial charge in [0.1, 0.15) is 0 Å². The average molecular weight is 351 g/mol. The lowest BCUT2D eigenvalue weighted by Crippen LogP contribution is -1.98. The van der Waals surface area contributed by atoms with Crippen molar-refractivity contribution in [1.29, 1.82) is 0 Å². The second-order valence-corrected chi connectivity index (χ2v) is 5.17. The summed E-state index contributed by atoms with van der Waals surface area (Å²) in [7, 11) is 0. The van der Waals surface area contributed by atoms with Crippen molar-refractivity contribution in [2.75, 3.05) is 0 Å². The molecule has 0 bridgehead atoms. The van der Waals surface area contributed by atoms with Crippen LogP contribution in [0.1, 0.15) is 23.6 Å². The van der Waals surface area contributed by atoms with Gasteiger partial charge in [0.2, 0.25) is 11.6 Å². The molecule has 0 saturated heterocycles. The fraction of sp³-hybridized carbons (Fsp3) is 0.267. The maximum absolute atomic E-state index is 11.2. The Morgan fingerprint density at radius 3 is 2.67 bits per heavy atom. The summed E-state index contributed by atoms with van der Waals surface area (Å²) in [5, 5.41) is 11.9. The van der Waals surface area contributed by atoms with Crippen LogP contribution in [0.25, 0.3) is 0 Å². The standard InChI is InChI=1S/C15H15BrN2O3/c1-3-11-4-5-14(13(7-11)18(19)20)21-15-10(2)6-12(8-16)9-17-15/h4-7,9H,3,8H2,1-2H3. The van der Waals surface area contributed by atoms with Gasteiger partial charge in [-0.15, -0.1) is 0 Å². The zero-order chi connectivity index (χ0) is 15.4. The van der Waals surface area contributed by atoms with E-state index in [0.717, 1.165) is 23.1 Å². The summed E-state index contributed by atoms with van der Waals surface area (Å²) in [4.78, 5) is 14.9. The molecular formula is C15H15BrN2O3. The molecule has 21 heavy (non-hydrogen) atoms. The van der Waals surface area contributed by atoms with E-state index in [2.05, 4.69) is 20.9 Å². The Morgan fingerprint density at radius 2 is 2.10 bits per heavy atom. The number of aromatic nitrogens is 1. The first-order chi connectivity index (χ1) is 10.0. The molecule has 0 unspecified atom stereocenters. The van der Waals surface area contributed by atoms with Crippen LogP contribution in [0.5, 0.6) is 11.6 Å².